The molecule has 0 aliphatic carbocycles. The molecule has 90 valence electrons. The maximum atomic E-state index is 11.2. The minimum atomic E-state index is -0.686. The zero-order valence-corrected chi connectivity index (χ0v) is 10.6. The fourth-order valence-electron chi connectivity index (χ4n) is 1.37. The number of hydrogen-bond acceptors (Lipinski definition) is 3. The average molecular weight is 244 g/mol. The van der Waals surface area contributed by atoms with E-state index in [2.05, 4.69) is 18.6 Å². The standard InChI is InChI=1S/C12H17NO2.ClH/c1-8(2)9-5-4-6-10(7-9)11(13)12(14)15-3;/h4-8,11H,13H2,1-3H3;1H/t11-;/m0./s1. The van der Waals surface area contributed by atoms with E-state index in [1.165, 1.54) is 12.7 Å². The van der Waals surface area contributed by atoms with E-state index in [0.29, 0.717) is 5.92 Å². The van der Waals surface area contributed by atoms with Crippen LogP contribution in [0.3, 0.4) is 0 Å². The quantitative estimate of drug-likeness (QED) is 0.830. The number of halogens is 1. The summed E-state index contributed by atoms with van der Waals surface area (Å²) in [6.07, 6.45) is 0. The molecule has 0 amide bonds. The first kappa shape index (κ1) is 14.9. The van der Waals surface area contributed by atoms with E-state index in [1.807, 2.05) is 24.3 Å². The summed E-state index contributed by atoms with van der Waals surface area (Å²) in [5.74, 6) is 0.0192. The highest BCUT2D eigenvalue weighted by molar-refractivity contribution is 5.85. The van der Waals surface area contributed by atoms with Crippen LogP contribution in [0.15, 0.2) is 24.3 Å². The van der Waals surface area contributed by atoms with Crippen molar-refractivity contribution in [3.8, 4) is 0 Å². The Kier molecular flexibility index (Phi) is 6.08. The lowest BCUT2D eigenvalue weighted by Gasteiger charge is -2.12. The first-order chi connectivity index (χ1) is 7.06. The number of carbonyl (C=O) groups excluding carboxylic acids is 1. The van der Waals surface area contributed by atoms with Crippen molar-refractivity contribution in [3.05, 3.63) is 35.4 Å². The highest BCUT2D eigenvalue weighted by Crippen LogP contribution is 2.19. The van der Waals surface area contributed by atoms with E-state index in [4.69, 9.17) is 5.73 Å². The summed E-state index contributed by atoms with van der Waals surface area (Å²) in [5, 5.41) is 0. The van der Waals surface area contributed by atoms with Gasteiger partial charge in [-0.2, -0.15) is 0 Å². The highest BCUT2D eigenvalue weighted by atomic mass is 35.5. The Morgan fingerprint density at radius 2 is 1.88 bits per heavy atom. The molecule has 0 heterocycles. The van der Waals surface area contributed by atoms with E-state index in [1.54, 1.807) is 0 Å². The van der Waals surface area contributed by atoms with Crippen LogP contribution in [0.25, 0.3) is 0 Å². The summed E-state index contributed by atoms with van der Waals surface area (Å²) in [5.41, 5.74) is 7.72. The van der Waals surface area contributed by atoms with Crippen LogP contribution in [-0.4, -0.2) is 13.1 Å². The van der Waals surface area contributed by atoms with Crippen molar-refractivity contribution in [2.45, 2.75) is 25.8 Å². The molecule has 1 aromatic rings. The molecule has 0 aliphatic heterocycles. The van der Waals surface area contributed by atoms with Gasteiger partial charge >= 0.3 is 5.97 Å². The monoisotopic (exact) mass is 243 g/mol. The molecule has 0 fully saturated rings. The molecule has 0 aliphatic rings. The van der Waals surface area contributed by atoms with Crippen molar-refractivity contribution in [2.75, 3.05) is 7.11 Å². The number of esters is 1. The van der Waals surface area contributed by atoms with Gasteiger partial charge in [-0.3, -0.25) is 4.79 Å². The molecule has 0 spiro atoms. The molecule has 2 N–H and O–H groups in total. The zero-order chi connectivity index (χ0) is 11.4. The smallest absolute Gasteiger partial charge is 0.327 e. The lowest BCUT2D eigenvalue weighted by molar-refractivity contribution is -0.142. The largest absolute Gasteiger partial charge is 0.468 e. The van der Waals surface area contributed by atoms with Gasteiger partial charge in [0.1, 0.15) is 6.04 Å². The van der Waals surface area contributed by atoms with Gasteiger partial charge in [-0.1, -0.05) is 38.1 Å². The Balaban J connectivity index is 0.00000225. The molecule has 1 atom stereocenters. The number of benzene rings is 1. The number of methoxy groups -OCH3 is 1. The molecular formula is C12H18ClNO2. The highest BCUT2D eigenvalue weighted by Gasteiger charge is 2.16. The van der Waals surface area contributed by atoms with Gasteiger partial charge in [0.15, 0.2) is 0 Å². The van der Waals surface area contributed by atoms with Crippen LogP contribution in [0, 0.1) is 0 Å². The van der Waals surface area contributed by atoms with Gasteiger partial charge in [0.2, 0.25) is 0 Å². The summed E-state index contributed by atoms with van der Waals surface area (Å²) in [6, 6.07) is 7.04. The first-order valence-electron chi connectivity index (χ1n) is 4.99. The summed E-state index contributed by atoms with van der Waals surface area (Å²) >= 11 is 0. The van der Waals surface area contributed by atoms with Crippen molar-refractivity contribution in [3.63, 3.8) is 0 Å². The molecule has 4 heteroatoms. The Morgan fingerprint density at radius 1 is 1.31 bits per heavy atom. The van der Waals surface area contributed by atoms with Crippen LogP contribution in [0.2, 0.25) is 0 Å². The molecule has 1 rings (SSSR count). The van der Waals surface area contributed by atoms with Crippen molar-refractivity contribution in [1.82, 2.24) is 0 Å². The lowest BCUT2D eigenvalue weighted by atomic mass is 9.98. The number of ether oxygens (including phenoxy) is 1. The molecular weight excluding hydrogens is 226 g/mol. The minimum Gasteiger partial charge on any atom is -0.468 e. The fourth-order valence-corrected chi connectivity index (χ4v) is 1.37. The fraction of sp³-hybridized carbons (Fsp3) is 0.417. The van der Waals surface area contributed by atoms with Crippen LogP contribution < -0.4 is 5.73 Å². The van der Waals surface area contributed by atoms with Crippen molar-refractivity contribution in [2.24, 2.45) is 5.73 Å². The van der Waals surface area contributed by atoms with Crippen LogP contribution in [0.5, 0.6) is 0 Å². The Hall–Kier alpha value is -1.06. The third kappa shape index (κ3) is 3.51. The average Bonchev–Trinajstić information content (AvgIpc) is 2.27. The summed E-state index contributed by atoms with van der Waals surface area (Å²) in [4.78, 5) is 11.2. The molecule has 0 unspecified atom stereocenters. The summed E-state index contributed by atoms with van der Waals surface area (Å²) in [7, 11) is 1.34. The Bertz CT molecular complexity index is 353. The van der Waals surface area contributed by atoms with Crippen molar-refractivity contribution < 1.29 is 9.53 Å². The van der Waals surface area contributed by atoms with Gasteiger partial charge < -0.3 is 10.5 Å². The van der Waals surface area contributed by atoms with E-state index < -0.39 is 12.0 Å². The predicted molar refractivity (Wildman–Crippen MR) is 66.7 cm³/mol. The molecule has 0 saturated heterocycles. The third-order valence-electron chi connectivity index (χ3n) is 2.39. The van der Waals surface area contributed by atoms with Gasteiger partial charge in [0, 0.05) is 0 Å². The number of nitrogens with two attached hydrogens (primary N) is 1. The van der Waals surface area contributed by atoms with Crippen molar-refractivity contribution in [1.29, 1.82) is 0 Å². The number of carbonyl (C=O) groups is 1. The lowest BCUT2D eigenvalue weighted by Crippen LogP contribution is -2.22. The van der Waals surface area contributed by atoms with Gasteiger partial charge in [0.05, 0.1) is 7.11 Å². The molecule has 0 radical (unpaired) electrons. The topological polar surface area (TPSA) is 52.3 Å². The molecule has 0 bridgehead atoms. The zero-order valence-electron chi connectivity index (χ0n) is 9.77. The first-order valence-corrected chi connectivity index (χ1v) is 4.99. The maximum absolute atomic E-state index is 11.2. The normalized spacial score (nSPS) is 11.8. The number of hydrogen-bond donors (Lipinski definition) is 1. The van der Waals surface area contributed by atoms with Gasteiger partial charge in [-0.05, 0) is 17.0 Å². The molecule has 0 aromatic heterocycles. The third-order valence-corrected chi connectivity index (χ3v) is 2.39. The van der Waals surface area contributed by atoms with E-state index >= 15 is 0 Å². The second-order valence-corrected chi connectivity index (χ2v) is 3.83. The Labute approximate surface area is 102 Å². The van der Waals surface area contributed by atoms with E-state index in [9.17, 15) is 4.79 Å². The van der Waals surface area contributed by atoms with Crippen LogP contribution in [-0.2, 0) is 9.53 Å². The molecule has 1 aromatic carbocycles. The summed E-state index contributed by atoms with van der Waals surface area (Å²) in [6.45, 7) is 4.20. The molecule has 3 nitrogen and oxygen atoms in total. The van der Waals surface area contributed by atoms with E-state index in [-0.39, 0.29) is 12.4 Å². The molecule has 16 heavy (non-hydrogen) atoms. The maximum Gasteiger partial charge on any atom is 0.327 e. The van der Waals surface area contributed by atoms with Gasteiger partial charge in [-0.15, -0.1) is 12.4 Å². The van der Waals surface area contributed by atoms with E-state index in [0.717, 1.165) is 5.56 Å². The van der Waals surface area contributed by atoms with Gasteiger partial charge in [0.25, 0.3) is 0 Å². The Morgan fingerprint density at radius 3 is 2.38 bits per heavy atom. The number of rotatable bonds is 3. The van der Waals surface area contributed by atoms with Crippen molar-refractivity contribution >= 4 is 18.4 Å². The second-order valence-electron chi connectivity index (χ2n) is 3.83. The van der Waals surface area contributed by atoms with Crippen LogP contribution in [0.1, 0.15) is 36.9 Å². The van der Waals surface area contributed by atoms with Gasteiger partial charge in [-0.25, -0.2) is 0 Å². The predicted octanol–water partition coefficient (Wildman–Crippen LogP) is 2.40. The SMILES string of the molecule is COC(=O)[C@@H](N)c1cccc(C(C)C)c1.Cl. The second kappa shape index (κ2) is 6.51. The summed E-state index contributed by atoms with van der Waals surface area (Å²) < 4.78 is 4.60. The molecule has 0 saturated carbocycles. The van der Waals surface area contributed by atoms with Crippen LogP contribution >= 0.6 is 12.4 Å². The van der Waals surface area contributed by atoms with Crippen LogP contribution in [0.4, 0.5) is 0 Å². The minimum absolute atomic E-state index is 0.